The number of hydrogen-bond donors (Lipinski definition) is 2. The zero-order chi connectivity index (χ0) is 18.8. The Kier molecular flexibility index (Phi) is 5.67. The molecule has 26 heavy (non-hydrogen) atoms. The minimum Gasteiger partial charge on any atom is -0.383 e. The van der Waals surface area contributed by atoms with Crippen molar-refractivity contribution < 1.29 is 17.9 Å². The molecule has 1 aromatic carbocycles. The summed E-state index contributed by atoms with van der Waals surface area (Å²) in [4.78, 5) is 13.7. The van der Waals surface area contributed by atoms with Crippen molar-refractivity contribution in [3.05, 3.63) is 23.8 Å². The number of benzene rings is 1. The second-order valence-corrected chi connectivity index (χ2v) is 8.90. The Balaban J connectivity index is 1.81. The van der Waals surface area contributed by atoms with Crippen LogP contribution in [0, 0.1) is 0 Å². The van der Waals surface area contributed by atoms with E-state index in [2.05, 4.69) is 10.0 Å². The predicted octanol–water partition coefficient (Wildman–Crippen LogP) is 1.03. The number of carbonyl (C=O) groups excluding carboxylic acids is 1. The summed E-state index contributed by atoms with van der Waals surface area (Å²) in [6.45, 7) is 3.72. The van der Waals surface area contributed by atoms with Gasteiger partial charge in [0.1, 0.15) is 0 Å². The monoisotopic (exact) mass is 381 g/mol. The molecule has 8 heteroatoms. The van der Waals surface area contributed by atoms with Gasteiger partial charge in [-0.3, -0.25) is 4.79 Å². The zero-order valence-corrected chi connectivity index (χ0v) is 16.2. The van der Waals surface area contributed by atoms with Crippen LogP contribution >= 0.6 is 0 Å². The molecule has 2 heterocycles. The minimum absolute atomic E-state index is 0.0670. The molecule has 2 aliphatic heterocycles. The van der Waals surface area contributed by atoms with Gasteiger partial charge in [-0.2, -0.15) is 0 Å². The van der Waals surface area contributed by atoms with Gasteiger partial charge in [0.05, 0.1) is 17.0 Å². The first-order valence-corrected chi connectivity index (χ1v) is 10.5. The molecule has 1 saturated heterocycles. The first kappa shape index (κ1) is 19.3. The number of sulfonamides is 1. The van der Waals surface area contributed by atoms with Crippen LogP contribution in [0.3, 0.4) is 0 Å². The van der Waals surface area contributed by atoms with E-state index in [1.807, 2.05) is 6.07 Å². The number of nitrogens with zero attached hydrogens (tertiary/aromatic N) is 1. The molecule has 0 aromatic heterocycles. The molecule has 3 rings (SSSR count). The standard InChI is InChI=1S/C18H27N3O4S/c1-14(22)21-10-3-5-15-6-7-16(11-17(15)21)26(23,24)20-12-18(13-25-2)8-4-9-19-18/h6-7,11,19-20H,3-5,8-10,12-13H2,1-2H3. The van der Waals surface area contributed by atoms with E-state index in [-0.39, 0.29) is 22.9 Å². The van der Waals surface area contributed by atoms with Gasteiger partial charge in [-0.05, 0) is 49.9 Å². The number of carbonyl (C=O) groups is 1. The number of anilines is 1. The van der Waals surface area contributed by atoms with E-state index >= 15 is 0 Å². The highest BCUT2D eigenvalue weighted by atomic mass is 32.2. The number of ether oxygens (including phenoxy) is 1. The largest absolute Gasteiger partial charge is 0.383 e. The molecule has 0 aliphatic carbocycles. The van der Waals surface area contributed by atoms with Gasteiger partial charge in [-0.15, -0.1) is 0 Å². The lowest BCUT2D eigenvalue weighted by Gasteiger charge is -2.30. The van der Waals surface area contributed by atoms with Crippen LogP contribution in [0.15, 0.2) is 23.1 Å². The number of nitrogens with one attached hydrogen (secondary N) is 2. The average molecular weight is 381 g/mol. The second kappa shape index (κ2) is 7.64. The summed E-state index contributed by atoms with van der Waals surface area (Å²) in [6, 6.07) is 5.05. The van der Waals surface area contributed by atoms with E-state index in [4.69, 9.17) is 4.74 Å². The average Bonchev–Trinajstić information content (AvgIpc) is 3.08. The van der Waals surface area contributed by atoms with Crippen molar-refractivity contribution in [1.29, 1.82) is 0 Å². The first-order chi connectivity index (χ1) is 12.4. The zero-order valence-electron chi connectivity index (χ0n) is 15.4. The van der Waals surface area contributed by atoms with Crippen molar-refractivity contribution in [1.82, 2.24) is 10.0 Å². The number of aryl methyl sites for hydroxylation is 1. The summed E-state index contributed by atoms with van der Waals surface area (Å²) >= 11 is 0. The number of rotatable bonds is 6. The fraction of sp³-hybridized carbons (Fsp3) is 0.611. The van der Waals surface area contributed by atoms with E-state index in [0.29, 0.717) is 18.8 Å². The Morgan fingerprint density at radius 2 is 2.19 bits per heavy atom. The van der Waals surface area contributed by atoms with E-state index in [9.17, 15) is 13.2 Å². The lowest BCUT2D eigenvalue weighted by Crippen LogP contribution is -2.52. The topological polar surface area (TPSA) is 87.7 Å². The Morgan fingerprint density at radius 1 is 1.38 bits per heavy atom. The van der Waals surface area contributed by atoms with Gasteiger partial charge >= 0.3 is 0 Å². The van der Waals surface area contributed by atoms with Gasteiger partial charge in [-0.1, -0.05) is 6.07 Å². The van der Waals surface area contributed by atoms with E-state index < -0.39 is 10.0 Å². The summed E-state index contributed by atoms with van der Waals surface area (Å²) in [5.41, 5.74) is 1.36. The molecule has 1 aromatic rings. The van der Waals surface area contributed by atoms with Crippen LogP contribution in [0.4, 0.5) is 5.69 Å². The normalized spacial score (nSPS) is 23.1. The van der Waals surface area contributed by atoms with Crippen molar-refractivity contribution >= 4 is 21.6 Å². The number of amides is 1. The van der Waals surface area contributed by atoms with Crippen LogP contribution in [0.25, 0.3) is 0 Å². The molecule has 144 valence electrons. The van der Waals surface area contributed by atoms with Crippen molar-refractivity contribution in [3.63, 3.8) is 0 Å². The summed E-state index contributed by atoms with van der Waals surface area (Å²) in [5.74, 6) is -0.0670. The smallest absolute Gasteiger partial charge is 0.240 e. The highest BCUT2D eigenvalue weighted by molar-refractivity contribution is 7.89. The number of methoxy groups -OCH3 is 1. The molecule has 2 aliphatic rings. The maximum atomic E-state index is 12.8. The summed E-state index contributed by atoms with van der Waals surface area (Å²) < 4.78 is 33.6. The van der Waals surface area contributed by atoms with E-state index in [0.717, 1.165) is 37.8 Å². The lowest BCUT2D eigenvalue weighted by molar-refractivity contribution is -0.116. The Hall–Kier alpha value is -1.48. The molecule has 7 nitrogen and oxygen atoms in total. The predicted molar refractivity (Wildman–Crippen MR) is 99.8 cm³/mol. The molecule has 2 N–H and O–H groups in total. The van der Waals surface area contributed by atoms with Gasteiger partial charge in [0.25, 0.3) is 0 Å². The van der Waals surface area contributed by atoms with Gasteiger partial charge < -0.3 is 15.0 Å². The third-order valence-electron chi connectivity index (χ3n) is 5.22. The quantitative estimate of drug-likeness (QED) is 0.769. The van der Waals surface area contributed by atoms with Crippen LogP contribution in [-0.2, 0) is 26.0 Å². The number of hydrogen-bond acceptors (Lipinski definition) is 5. The van der Waals surface area contributed by atoms with Gasteiger partial charge in [0, 0.05) is 32.8 Å². The molecular formula is C18H27N3O4S. The maximum absolute atomic E-state index is 12.8. The van der Waals surface area contributed by atoms with Crippen LogP contribution < -0.4 is 14.9 Å². The minimum atomic E-state index is -3.67. The second-order valence-electron chi connectivity index (χ2n) is 7.13. The Bertz CT molecular complexity index is 773. The van der Waals surface area contributed by atoms with Gasteiger partial charge in [-0.25, -0.2) is 13.1 Å². The van der Waals surface area contributed by atoms with Crippen molar-refractivity contribution in [3.8, 4) is 0 Å². The Labute approximate surface area is 155 Å². The molecule has 0 bridgehead atoms. The molecular weight excluding hydrogens is 354 g/mol. The van der Waals surface area contributed by atoms with Crippen LogP contribution in [0.1, 0.15) is 31.7 Å². The first-order valence-electron chi connectivity index (χ1n) is 9.02. The van der Waals surface area contributed by atoms with Gasteiger partial charge in [0.15, 0.2) is 0 Å². The maximum Gasteiger partial charge on any atom is 0.240 e. The molecule has 0 radical (unpaired) electrons. The summed E-state index contributed by atoms with van der Waals surface area (Å²) in [5, 5.41) is 3.36. The van der Waals surface area contributed by atoms with Crippen LogP contribution in [0.5, 0.6) is 0 Å². The third-order valence-corrected chi connectivity index (χ3v) is 6.62. The fourth-order valence-electron chi connectivity index (χ4n) is 3.84. The molecule has 0 spiro atoms. The molecule has 1 atom stereocenters. The van der Waals surface area contributed by atoms with Crippen molar-refractivity contribution in [2.24, 2.45) is 0 Å². The fourth-order valence-corrected chi connectivity index (χ4v) is 4.98. The van der Waals surface area contributed by atoms with Crippen LogP contribution in [-0.4, -0.2) is 53.2 Å². The Morgan fingerprint density at radius 3 is 2.85 bits per heavy atom. The van der Waals surface area contributed by atoms with E-state index in [1.165, 1.54) is 6.92 Å². The summed E-state index contributed by atoms with van der Waals surface area (Å²) in [7, 11) is -2.05. The van der Waals surface area contributed by atoms with Gasteiger partial charge in [0.2, 0.25) is 15.9 Å². The number of fused-ring (bicyclic) bond motifs is 1. The third kappa shape index (κ3) is 3.93. The molecule has 1 unspecified atom stereocenters. The molecule has 0 saturated carbocycles. The van der Waals surface area contributed by atoms with Crippen LogP contribution in [0.2, 0.25) is 0 Å². The van der Waals surface area contributed by atoms with Crippen molar-refractivity contribution in [2.75, 3.05) is 38.3 Å². The molecule has 1 fully saturated rings. The van der Waals surface area contributed by atoms with Crippen molar-refractivity contribution in [2.45, 2.75) is 43.0 Å². The molecule has 1 amide bonds. The summed E-state index contributed by atoms with van der Waals surface area (Å²) in [6.07, 6.45) is 3.61. The van der Waals surface area contributed by atoms with E-state index in [1.54, 1.807) is 24.1 Å². The highest BCUT2D eigenvalue weighted by Crippen LogP contribution is 2.30. The SMILES string of the molecule is COCC1(CNS(=O)(=O)c2ccc3c(c2)N(C(C)=O)CCC3)CCCN1. The highest BCUT2D eigenvalue weighted by Gasteiger charge is 2.35. The lowest BCUT2D eigenvalue weighted by atomic mass is 9.99.